The number of carbonyl (C=O) groups is 2. The molecular formula is C14H19ClFN3O2. The molecule has 0 aromatic heterocycles. The molecule has 116 valence electrons. The van der Waals surface area contributed by atoms with E-state index >= 15 is 0 Å². The minimum absolute atomic E-state index is 0. The highest BCUT2D eigenvalue weighted by Gasteiger charge is 2.31. The molecule has 0 aliphatic heterocycles. The van der Waals surface area contributed by atoms with Crippen molar-refractivity contribution in [3.05, 3.63) is 29.6 Å². The van der Waals surface area contributed by atoms with E-state index in [1.165, 1.54) is 19.1 Å². The maximum Gasteiger partial charge on any atom is 0.254 e. The van der Waals surface area contributed by atoms with Crippen molar-refractivity contribution in [1.29, 1.82) is 0 Å². The first-order valence-electron chi connectivity index (χ1n) is 6.59. The normalized spacial score (nSPS) is 14.8. The van der Waals surface area contributed by atoms with E-state index < -0.39 is 11.7 Å². The first-order valence-corrected chi connectivity index (χ1v) is 6.59. The highest BCUT2D eigenvalue weighted by atomic mass is 35.5. The molecule has 0 spiro atoms. The summed E-state index contributed by atoms with van der Waals surface area (Å²) in [4.78, 5) is 23.1. The maximum absolute atomic E-state index is 13.7. The summed E-state index contributed by atoms with van der Waals surface area (Å²) in [5, 5.41) is 5.27. The smallest absolute Gasteiger partial charge is 0.254 e. The lowest BCUT2D eigenvalue weighted by Gasteiger charge is -2.16. The summed E-state index contributed by atoms with van der Waals surface area (Å²) >= 11 is 0. The molecule has 1 aliphatic rings. The zero-order valence-corrected chi connectivity index (χ0v) is 12.5. The molecule has 4 N–H and O–H groups in total. The SMILES string of the molecule is CC(=O)Nc1ccc(F)c(C(=O)NC(CN)C2CC2)c1.Cl. The molecule has 21 heavy (non-hydrogen) atoms. The summed E-state index contributed by atoms with van der Waals surface area (Å²) in [5.74, 6) is -1.01. The van der Waals surface area contributed by atoms with Gasteiger partial charge in [-0.05, 0) is 37.0 Å². The van der Waals surface area contributed by atoms with E-state index in [2.05, 4.69) is 10.6 Å². The molecular weight excluding hydrogens is 297 g/mol. The highest BCUT2D eigenvalue weighted by molar-refractivity contribution is 5.97. The number of nitrogens with one attached hydrogen (secondary N) is 2. The third kappa shape index (κ3) is 4.68. The van der Waals surface area contributed by atoms with Gasteiger partial charge in [-0.1, -0.05) is 0 Å². The van der Waals surface area contributed by atoms with Gasteiger partial charge in [0.2, 0.25) is 5.91 Å². The number of anilines is 1. The molecule has 1 saturated carbocycles. The fraction of sp³-hybridized carbons (Fsp3) is 0.429. The number of rotatable bonds is 5. The van der Waals surface area contributed by atoms with E-state index in [9.17, 15) is 14.0 Å². The largest absolute Gasteiger partial charge is 0.348 e. The zero-order chi connectivity index (χ0) is 14.7. The third-order valence-corrected chi connectivity index (χ3v) is 3.29. The van der Waals surface area contributed by atoms with Gasteiger partial charge in [0, 0.05) is 25.2 Å². The van der Waals surface area contributed by atoms with Crippen LogP contribution in [0.2, 0.25) is 0 Å². The van der Waals surface area contributed by atoms with Crippen LogP contribution in [0.15, 0.2) is 18.2 Å². The molecule has 5 nitrogen and oxygen atoms in total. The van der Waals surface area contributed by atoms with Crippen molar-refractivity contribution < 1.29 is 14.0 Å². The minimum Gasteiger partial charge on any atom is -0.348 e. The Hall–Kier alpha value is -1.66. The van der Waals surface area contributed by atoms with Crippen molar-refractivity contribution in [3.63, 3.8) is 0 Å². The van der Waals surface area contributed by atoms with E-state index in [-0.39, 0.29) is 29.9 Å². The third-order valence-electron chi connectivity index (χ3n) is 3.29. The molecule has 1 unspecified atom stereocenters. The van der Waals surface area contributed by atoms with Crippen LogP contribution in [0.5, 0.6) is 0 Å². The van der Waals surface area contributed by atoms with Crippen molar-refractivity contribution in [2.45, 2.75) is 25.8 Å². The molecule has 0 bridgehead atoms. The van der Waals surface area contributed by atoms with Gasteiger partial charge in [0.15, 0.2) is 0 Å². The fourth-order valence-electron chi connectivity index (χ4n) is 2.09. The summed E-state index contributed by atoms with van der Waals surface area (Å²) in [7, 11) is 0. The molecule has 7 heteroatoms. The van der Waals surface area contributed by atoms with Gasteiger partial charge >= 0.3 is 0 Å². The van der Waals surface area contributed by atoms with Crippen LogP contribution >= 0.6 is 12.4 Å². The summed E-state index contributed by atoms with van der Waals surface area (Å²) in [6.07, 6.45) is 2.08. The van der Waals surface area contributed by atoms with Crippen LogP contribution in [0.1, 0.15) is 30.1 Å². The van der Waals surface area contributed by atoms with Crippen LogP contribution in [-0.4, -0.2) is 24.4 Å². The lowest BCUT2D eigenvalue weighted by atomic mass is 10.1. The molecule has 0 radical (unpaired) electrons. The molecule has 1 aliphatic carbocycles. The average Bonchev–Trinajstić information content (AvgIpc) is 3.21. The quantitative estimate of drug-likeness (QED) is 0.773. The predicted molar refractivity (Wildman–Crippen MR) is 81.0 cm³/mol. The van der Waals surface area contributed by atoms with Gasteiger partial charge in [-0.2, -0.15) is 0 Å². The van der Waals surface area contributed by atoms with Crippen molar-refractivity contribution in [1.82, 2.24) is 5.32 Å². The van der Waals surface area contributed by atoms with Crippen LogP contribution < -0.4 is 16.4 Å². The molecule has 2 amide bonds. The lowest BCUT2D eigenvalue weighted by Crippen LogP contribution is -2.42. The summed E-state index contributed by atoms with van der Waals surface area (Å²) in [6.45, 7) is 1.68. The molecule has 1 aromatic carbocycles. The zero-order valence-electron chi connectivity index (χ0n) is 11.7. The number of hydrogen-bond acceptors (Lipinski definition) is 3. The van der Waals surface area contributed by atoms with Crippen LogP contribution in [0.4, 0.5) is 10.1 Å². The van der Waals surface area contributed by atoms with Gasteiger partial charge in [-0.25, -0.2) is 4.39 Å². The van der Waals surface area contributed by atoms with Crippen molar-refractivity contribution in [2.75, 3.05) is 11.9 Å². The van der Waals surface area contributed by atoms with Gasteiger partial charge < -0.3 is 16.4 Å². The van der Waals surface area contributed by atoms with Gasteiger partial charge in [0.25, 0.3) is 5.91 Å². The van der Waals surface area contributed by atoms with E-state index in [4.69, 9.17) is 5.73 Å². The first kappa shape index (κ1) is 17.4. The topological polar surface area (TPSA) is 84.2 Å². The number of amides is 2. The predicted octanol–water partition coefficient (Wildman–Crippen LogP) is 1.67. The Morgan fingerprint density at radius 3 is 2.62 bits per heavy atom. The van der Waals surface area contributed by atoms with E-state index in [1.807, 2.05) is 0 Å². The Balaban J connectivity index is 0.00000220. The van der Waals surface area contributed by atoms with Gasteiger partial charge in [0.1, 0.15) is 5.82 Å². The number of hydrogen-bond donors (Lipinski definition) is 3. The molecule has 0 heterocycles. The minimum atomic E-state index is -0.622. The monoisotopic (exact) mass is 315 g/mol. The van der Waals surface area contributed by atoms with Crippen LogP contribution in [0.25, 0.3) is 0 Å². The Kier molecular flexibility index (Phi) is 6.11. The Morgan fingerprint density at radius 2 is 2.10 bits per heavy atom. The van der Waals surface area contributed by atoms with Crippen LogP contribution in [0, 0.1) is 11.7 Å². The lowest BCUT2D eigenvalue weighted by molar-refractivity contribution is -0.114. The second kappa shape index (κ2) is 7.38. The standard InChI is InChI=1S/C14H18FN3O2.ClH/c1-8(19)17-10-4-5-12(15)11(6-10)14(20)18-13(7-16)9-2-3-9;/h4-6,9,13H,2-3,7,16H2,1H3,(H,17,19)(H,18,20);1H. The van der Waals surface area contributed by atoms with Crippen LogP contribution in [0.3, 0.4) is 0 Å². The number of benzene rings is 1. The summed E-state index contributed by atoms with van der Waals surface area (Å²) in [5.41, 5.74) is 5.91. The second-order valence-corrected chi connectivity index (χ2v) is 5.03. The molecule has 0 saturated heterocycles. The summed E-state index contributed by atoms with van der Waals surface area (Å²) in [6, 6.07) is 3.78. The molecule has 1 aromatic rings. The van der Waals surface area contributed by atoms with Crippen LogP contribution in [-0.2, 0) is 4.79 Å². The number of carbonyl (C=O) groups excluding carboxylic acids is 2. The Bertz CT molecular complexity index is 535. The molecule has 1 atom stereocenters. The van der Waals surface area contributed by atoms with Gasteiger partial charge in [0.05, 0.1) is 5.56 Å². The first-order chi connectivity index (χ1) is 9.51. The van der Waals surface area contributed by atoms with Crippen molar-refractivity contribution in [2.24, 2.45) is 11.7 Å². The number of halogens is 2. The Morgan fingerprint density at radius 1 is 1.43 bits per heavy atom. The highest BCUT2D eigenvalue weighted by Crippen LogP contribution is 2.32. The molecule has 1 fully saturated rings. The van der Waals surface area contributed by atoms with E-state index in [0.29, 0.717) is 18.2 Å². The van der Waals surface area contributed by atoms with Gasteiger partial charge in [-0.3, -0.25) is 9.59 Å². The number of nitrogens with two attached hydrogens (primary N) is 1. The second-order valence-electron chi connectivity index (χ2n) is 5.03. The Labute approximate surface area is 128 Å². The molecule has 2 rings (SSSR count). The average molecular weight is 316 g/mol. The fourth-order valence-corrected chi connectivity index (χ4v) is 2.09. The van der Waals surface area contributed by atoms with Crippen molar-refractivity contribution in [3.8, 4) is 0 Å². The van der Waals surface area contributed by atoms with Crippen molar-refractivity contribution >= 4 is 29.9 Å². The maximum atomic E-state index is 13.7. The summed E-state index contributed by atoms with van der Waals surface area (Å²) < 4.78 is 13.7. The van der Waals surface area contributed by atoms with E-state index in [1.54, 1.807) is 0 Å². The van der Waals surface area contributed by atoms with E-state index in [0.717, 1.165) is 18.9 Å². The van der Waals surface area contributed by atoms with Gasteiger partial charge in [-0.15, -0.1) is 12.4 Å².